The molecule has 0 saturated carbocycles. The number of thiazole rings is 1. The van der Waals surface area contributed by atoms with Crippen LogP contribution in [0.1, 0.15) is 94.4 Å². The van der Waals surface area contributed by atoms with Crippen molar-refractivity contribution in [2.45, 2.75) is 104 Å². The first kappa shape index (κ1) is 45.9. The summed E-state index contributed by atoms with van der Waals surface area (Å²) in [5.74, 6) is -3.24. The van der Waals surface area contributed by atoms with Crippen molar-refractivity contribution in [3.05, 3.63) is 76.8 Å². The average Bonchev–Trinajstić information content (AvgIpc) is 3.96. The standard InChI is InChI=1S/C42H53F3N8O6S/c1-8-52(21-24(2)47-37(56)30-17-15-29(16-18-30)36-50-40(59-51-36)42(43,44)45)19-9-10-33(55)49-35(41(5,6)7)39(58)53-22-31(54)20-32(53)38(57)48-25(3)27-11-13-28(14-12-27)34-26(4)46-23-60-34/h11-18,23-25,31-32,35,54H,8-10,19-22H2,1-7H3,(H,47,56)(H,48,57)(H,49,55)/t24?,25?,31-,32+,35?/m1/s1. The number of carbonyl (C=O) groups excluding carboxylic acids is 4. The Balaban J connectivity index is 1.10. The van der Waals surface area contributed by atoms with Crippen LogP contribution in [0.3, 0.4) is 0 Å². The Labute approximate surface area is 351 Å². The number of rotatable bonds is 16. The smallest absolute Gasteiger partial charge is 0.391 e. The SMILES string of the molecule is CCN(CCCC(=O)NC(C(=O)N1C[C@H](O)C[C@H]1C(=O)NC(C)c1ccc(-c2scnc2C)cc1)C(C)(C)C)CC(C)NC(=O)c1ccc(-c2noc(C(F)(F)F)n2)cc1. The molecule has 1 fully saturated rings. The molecule has 2 aromatic heterocycles. The second kappa shape index (κ2) is 19.5. The molecule has 5 atom stereocenters. The largest absolute Gasteiger partial charge is 0.471 e. The number of aliphatic hydroxyl groups excluding tert-OH is 1. The first-order chi connectivity index (χ1) is 28.2. The van der Waals surface area contributed by atoms with Crippen molar-refractivity contribution in [2.75, 3.05) is 26.2 Å². The van der Waals surface area contributed by atoms with Gasteiger partial charge in [-0.2, -0.15) is 18.2 Å². The quantitative estimate of drug-likeness (QED) is 0.108. The van der Waals surface area contributed by atoms with E-state index in [4.69, 9.17) is 0 Å². The minimum Gasteiger partial charge on any atom is -0.391 e. The van der Waals surface area contributed by atoms with Crippen molar-refractivity contribution in [1.29, 1.82) is 0 Å². The normalized spacial score (nSPS) is 17.3. The molecule has 0 aliphatic carbocycles. The van der Waals surface area contributed by atoms with E-state index in [1.807, 2.05) is 72.7 Å². The number of aryl methyl sites for hydroxylation is 1. The van der Waals surface area contributed by atoms with E-state index in [0.29, 0.717) is 31.6 Å². The molecule has 4 N–H and O–H groups in total. The highest BCUT2D eigenvalue weighted by atomic mass is 32.1. The van der Waals surface area contributed by atoms with Crippen LogP contribution in [-0.2, 0) is 20.6 Å². The molecular weight excluding hydrogens is 802 g/mol. The molecule has 4 aromatic rings. The zero-order chi connectivity index (χ0) is 43.9. The summed E-state index contributed by atoms with van der Waals surface area (Å²) < 4.78 is 42.8. The van der Waals surface area contributed by atoms with E-state index in [2.05, 4.69) is 40.5 Å². The summed E-state index contributed by atoms with van der Waals surface area (Å²) in [5.41, 5.74) is 4.51. The van der Waals surface area contributed by atoms with E-state index in [9.17, 15) is 37.5 Å². The van der Waals surface area contributed by atoms with E-state index in [0.717, 1.165) is 21.7 Å². The van der Waals surface area contributed by atoms with Crippen LogP contribution in [0.4, 0.5) is 13.2 Å². The second-order valence-electron chi connectivity index (χ2n) is 16.3. The van der Waals surface area contributed by atoms with Crippen molar-refractivity contribution >= 4 is 35.0 Å². The van der Waals surface area contributed by atoms with Gasteiger partial charge in [0.15, 0.2) is 0 Å². The number of likely N-dealkylation sites (N-methyl/N-ethyl adjacent to an activating group) is 1. The molecule has 3 heterocycles. The highest BCUT2D eigenvalue weighted by Crippen LogP contribution is 2.31. The number of carbonyl (C=O) groups is 4. The molecule has 5 rings (SSSR count). The van der Waals surface area contributed by atoms with Gasteiger partial charge in [0.1, 0.15) is 12.1 Å². The van der Waals surface area contributed by atoms with Gasteiger partial charge in [0.2, 0.25) is 23.5 Å². The van der Waals surface area contributed by atoms with Gasteiger partial charge in [0.25, 0.3) is 5.91 Å². The number of halogens is 3. The van der Waals surface area contributed by atoms with Crippen LogP contribution >= 0.6 is 11.3 Å². The van der Waals surface area contributed by atoms with Crippen LogP contribution in [0, 0.1) is 12.3 Å². The van der Waals surface area contributed by atoms with Crippen molar-refractivity contribution in [3.63, 3.8) is 0 Å². The maximum atomic E-state index is 14.1. The maximum Gasteiger partial charge on any atom is 0.471 e. The fourth-order valence-corrected chi connectivity index (χ4v) is 7.87. The Morgan fingerprint density at radius 1 is 1.00 bits per heavy atom. The molecule has 4 amide bonds. The Bertz CT molecular complexity index is 2100. The molecule has 60 heavy (non-hydrogen) atoms. The number of nitrogens with zero attached hydrogens (tertiary/aromatic N) is 5. The first-order valence-electron chi connectivity index (χ1n) is 19.9. The Hall–Kier alpha value is -5.20. The fraction of sp³-hybridized carbons (Fsp3) is 0.500. The lowest BCUT2D eigenvalue weighted by molar-refractivity contribution is -0.159. The number of aromatic nitrogens is 3. The predicted molar refractivity (Wildman–Crippen MR) is 219 cm³/mol. The third kappa shape index (κ3) is 11.8. The van der Waals surface area contributed by atoms with Crippen molar-refractivity contribution in [3.8, 4) is 21.8 Å². The molecule has 0 radical (unpaired) electrons. The number of hydrogen-bond acceptors (Lipinski definition) is 11. The third-order valence-corrected chi connectivity index (χ3v) is 11.3. The van der Waals surface area contributed by atoms with E-state index < -0.39 is 41.6 Å². The summed E-state index contributed by atoms with van der Waals surface area (Å²) in [6, 6.07) is 11.1. The topological polar surface area (TPSA) is 183 Å². The van der Waals surface area contributed by atoms with Gasteiger partial charge in [0.05, 0.1) is 28.2 Å². The summed E-state index contributed by atoms with van der Waals surface area (Å²) in [7, 11) is 0. The molecule has 1 aliphatic heterocycles. The van der Waals surface area contributed by atoms with Gasteiger partial charge in [-0.25, -0.2) is 4.98 Å². The Morgan fingerprint density at radius 2 is 1.67 bits per heavy atom. The van der Waals surface area contributed by atoms with E-state index in [1.165, 1.54) is 29.2 Å². The summed E-state index contributed by atoms with van der Waals surface area (Å²) >= 11 is 1.56. The minimum atomic E-state index is -4.76. The van der Waals surface area contributed by atoms with Gasteiger partial charge in [0, 0.05) is 43.1 Å². The van der Waals surface area contributed by atoms with Crippen molar-refractivity contribution in [2.24, 2.45) is 5.41 Å². The molecule has 1 aliphatic rings. The van der Waals surface area contributed by atoms with E-state index in [-0.39, 0.29) is 60.6 Å². The van der Waals surface area contributed by atoms with Crippen LogP contribution in [0.25, 0.3) is 21.8 Å². The Morgan fingerprint density at radius 3 is 2.25 bits per heavy atom. The number of aliphatic hydroxyl groups is 1. The summed E-state index contributed by atoms with van der Waals surface area (Å²) in [5, 5.41) is 22.8. The van der Waals surface area contributed by atoms with Gasteiger partial charge < -0.3 is 35.4 Å². The second-order valence-corrected chi connectivity index (χ2v) is 17.1. The zero-order valence-electron chi connectivity index (χ0n) is 34.8. The lowest BCUT2D eigenvalue weighted by Gasteiger charge is -2.35. The van der Waals surface area contributed by atoms with Crippen molar-refractivity contribution < 1.29 is 42.0 Å². The number of amides is 4. The molecule has 324 valence electrons. The number of likely N-dealkylation sites (tertiary alicyclic amines) is 1. The van der Waals surface area contributed by atoms with Gasteiger partial charge in [-0.3, -0.25) is 19.2 Å². The van der Waals surface area contributed by atoms with Gasteiger partial charge in [-0.15, -0.1) is 11.3 Å². The number of nitrogens with one attached hydrogen (secondary N) is 3. The van der Waals surface area contributed by atoms with E-state index >= 15 is 0 Å². The van der Waals surface area contributed by atoms with Crippen LogP contribution in [0.15, 0.2) is 58.6 Å². The van der Waals surface area contributed by atoms with Crippen LogP contribution in [0.2, 0.25) is 0 Å². The summed E-state index contributed by atoms with van der Waals surface area (Å²) in [6.45, 7) is 14.7. The zero-order valence-corrected chi connectivity index (χ0v) is 35.6. The lowest BCUT2D eigenvalue weighted by Crippen LogP contribution is -2.57. The molecule has 18 heteroatoms. The molecule has 1 saturated heterocycles. The molecule has 3 unspecified atom stereocenters. The number of hydrogen-bond donors (Lipinski definition) is 4. The number of alkyl halides is 3. The molecule has 0 bridgehead atoms. The first-order valence-corrected chi connectivity index (χ1v) is 20.8. The average molecular weight is 855 g/mol. The van der Waals surface area contributed by atoms with Crippen LogP contribution < -0.4 is 16.0 Å². The van der Waals surface area contributed by atoms with Gasteiger partial charge in [-0.1, -0.05) is 69.2 Å². The number of β-amino-alcohol motifs (C(OH)–C–C–N with tert-alkyl or cyclic N) is 1. The molecule has 0 spiro atoms. The number of benzene rings is 2. The maximum absolute atomic E-state index is 14.1. The molecule has 2 aromatic carbocycles. The van der Waals surface area contributed by atoms with Crippen molar-refractivity contribution in [1.82, 2.24) is 40.9 Å². The highest BCUT2D eigenvalue weighted by molar-refractivity contribution is 7.13. The van der Waals surface area contributed by atoms with E-state index in [1.54, 1.807) is 16.8 Å². The Kier molecular flexibility index (Phi) is 14.9. The minimum absolute atomic E-state index is 0.0332. The van der Waals surface area contributed by atoms with Crippen LogP contribution in [-0.4, -0.2) is 104 Å². The molecule has 14 nitrogen and oxygen atoms in total. The summed E-state index contributed by atoms with van der Waals surface area (Å²) in [6.07, 6.45) is -4.99. The van der Waals surface area contributed by atoms with Gasteiger partial charge in [-0.05, 0) is 69.0 Å². The van der Waals surface area contributed by atoms with Crippen LogP contribution in [0.5, 0.6) is 0 Å². The van der Waals surface area contributed by atoms with Gasteiger partial charge >= 0.3 is 12.1 Å². The molecular formula is C42H53F3N8O6S. The summed E-state index contributed by atoms with van der Waals surface area (Å²) in [4.78, 5) is 66.2. The fourth-order valence-electron chi connectivity index (χ4n) is 7.06. The predicted octanol–water partition coefficient (Wildman–Crippen LogP) is 5.78. The highest BCUT2D eigenvalue weighted by Gasteiger charge is 2.45. The third-order valence-electron chi connectivity index (χ3n) is 10.4. The monoisotopic (exact) mass is 854 g/mol. The lowest BCUT2D eigenvalue weighted by atomic mass is 9.85.